The summed E-state index contributed by atoms with van der Waals surface area (Å²) in [5.41, 5.74) is 0.644. The van der Waals surface area contributed by atoms with E-state index in [4.69, 9.17) is 4.74 Å². The maximum absolute atomic E-state index is 13.0. The number of hydrogen-bond donors (Lipinski definition) is 2. The highest BCUT2D eigenvalue weighted by Crippen LogP contribution is 2.14. The molecule has 0 spiro atoms. The highest BCUT2D eigenvalue weighted by molar-refractivity contribution is 5.93. The fraction of sp³-hybridized carbons (Fsp3) is 0.720. The smallest absolute Gasteiger partial charge is 0.267 e. The summed E-state index contributed by atoms with van der Waals surface area (Å²) < 4.78 is 5.43. The van der Waals surface area contributed by atoms with Crippen LogP contribution in [0.15, 0.2) is 35.8 Å². The molecule has 3 aliphatic heterocycles. The molecule has 1 atom stereocenters. The molecule has 2 N–H and O–H groups in total. The van der Waals surface area contributed by atoms with Gasteiger partial charge >= 0.3 is 0 Å². The van der Waals surface area contributed by atoms with Crippen LogP contribution in [-0.4, -0.2) is 74.2 Å². The number of likely N-dealkylation sites (tertiary alicyclic amines) is 2. The molecule has 0 aromatic heterocycles. The summed E-state index contributed by atoms with van der Waals surface area (Å²) in [6.07, 6.45) is 17.3. The van der Waals surface area contributed by atoms with E-state index < -0.39 is 0 Å². The summed E-state index contributed by atoms with van der Waals surface area (Å²) in [4.78, 5) is 18.2. The molecule has 1 unspecified atom stereocenters. The average Bonchev–Trinajstić information content (AvgIpc) is 3.06. The lowest BCUT2D eigenvalue weighted by molar-refractivity contribution is -0.118. The van der Waals surface area contributed by atoms with Gasteiger partial charge in [-0.05, 0) is 64.3 Å². The van der Waals surface area contributed by atoms with Gasteiger partial charge in [0.25, 0.3) is 5.91 Å². The van der Waals surface area contributed by atoms with Crippen molar-refractivity contribution < 1.29 is 9.53 Å². The van der Waals surface area contributed by atoms with Crippen molar-refractivity contribution in [2.75, 3.05) is 46.4 Å². The van der Waals surface area contributed by atoms with Crippen LogP contribution in [0.4, 0.5) is 0 Å². The van der Waals surface area contributed by atoms with Crippen LogP contribution in [0.2, 0.25) is 0 Å². The lowest BCUT2D eigenvalue weighted by atomic mass is 10.0. The summed E-state index contributed by atoms with van der Waals surface area (Å²) in [6.45, 7) is 9.09. The van der Waals surface area contributed by atoms with Gasteiger partial charge in [0, 0.05) is 44.7 Å². The lowest BCUT2D eigenvalue weighted by Gasteiger charge is -2.34. The number of nitrogens with zero attached hydrogens (tertiary/aromatic N) is 2. The minimum Gasteiger partial charge on any atom is -0.501 e. The van der Waals surface area contributed by atoms with Gasteiger partial charge < -0.3 is 25.2 Å². The molecule has 2 saturated heterocycles. The SMILES string of the molecule is CO/C1=C/C/C=C\C(C)N/C(C(=O)NC2CCN(CCN3CCCCCC3)CC2)=C\C1. The fourth-order valence-electron chi connectivity index (χ4n) is 4.65. The number of hydrogen-bond acceptors (Lipinski definition) is 5. The normalized spacial score (nSPS) is 29.4. The highest BCUT2D eigenvalue weighted by atomic mass is 16.5. The average molecular weight is 431 g/mol. The van der Waals surface area contributed by atoms with E-state index in [1.165, 1.54) is 45.3 Å². The zero-order chi connectivity index (χ0) is 21.9. The summed E-state index contributed by atoms with van der Waals surface area (Å²) in [6, 6.07) is 0.374. The van der Waals surface area contributed by atoms with Crippen LogP contribution in [0, 0.1) is 0 Å². The summed E-state index contributed by atoms with van der Waals surface area (Å²) in [5.74, 6) is 0.892. The third kappa shape index (κ3) is 8.34. The summed E-state index contributed by atoms with van der Waals surface area (Å²) in [7, 11) is 1.69. The second-order valence-corrected chi connectivity index (χ2v) is 9.14. The molecule has 0 radical (unpaired) electrons. The first-order valence-corrected chi connectivity index (χ1v) is 12.3. The van der Waals surface area contributed by atoms with E-state index in [2.05, 4.69) is 45.6 Å². The van der Waals surface area contributed by atoms with Crippen LogP contribution in [0.5, 0.6) is 0 Å². The van der Waals surface area contributed by atoms with Crippen molar-refractivity contribution in [3.05, 3.63) is 35.8 Å². The second-order valence-electron chi connectivity index (χ2n) is 9.14. The number of carbonyl (C=O) groups is 1. The van der Waals surface area contributed by atoms with E-state index in [0.717, 1.165) is 44.7 Å². The van der Waals surface area contributed by atoms with E-state index in [0.29, 0.717) is 12.1 Å². The molecule has 0 saturated carbocycles. The second kappa shape index (κ2) is 12.9. The van der Waals surface area contributed by atoms with Gasteiger partial charge in [-0.25, -0.2) is 0 Å². The van der Waals surface area contributed by atoms with Gasteiger partial charge in [0.05, 0.1) is 18.6 Å². The number of allylic oxidation sites excluding steroid dienone is 3. The maximum atomic E-state index is 13.0. The Morgan fingerprint density at radius 1 is 1.06 bits per heavy atom. The predicted molar refractivity (Wildman–Crippen MR) is 127 cm³/mol. The zero-order valence-corrected chi connectivity index (χ0v) is 19.6. The molecule has 0 aromatic carbocycles. The quantitative estimate of drug-likeness (QED) is 0.634. The number of nitrogens with one attached hydrogen (secondary N) is 2. The van der Waals surface area contributed by atoms with Crippen LogP contribution in [0.1, 0.15) is 58.3 Å². The standard InChI is InChI=1S/C25H42N4O2/c1-21-9-5-6-10-23(31-2)11-12-24(26-21)25(30)27-22-13-17-29(18-14-22)20-19-28-15-7-3-4-8-16-28/h5,9-10,12,21-22,26H,3-4,6-8,11,13-20H2,1-2H3,(H,27,30)/b9-5-,23-10+,24-12-. The van der Waals surface area contributed by atoms with Gasteiger partial charge in [0.1, 0.15) is 0 Å². The molecular formula is C25H42N4O2. The largest absolute Gasteiger partial charge is 0.501 e. The van der Waals surface area contributed by atoms with Crippen molar-refractivity contribution in [1.29, 1.82) is 0 Å². The van der Waals surface area contributed by atoms with Gasteiger partial charge in [-0.1, -0.05) is 25.0 Å². The Kier molecular flexibility index (Phi) is 9.94. The molecule has 0 aromatic rings. The van der Waals surface area contributed by atoms with E-state index in [9.17, 15) is 4.79 Å². The van der Waals surface area contributed by atoms with Crippen molar-refractivity contribution in [1.82, 2.24) is 20.4 Å². The molecule has 2 fully saturated rings. The Balaban J connectivity index is 1.44. The summed E-state index contributed by atoms with van der Waals surface area (Å²) in [5, 5.41) is 6.62. The number of ether oxygens (including phenoxy) is 1. The first-order chi connectivity index (χ1) is 15.1. The Bertz CT molecular complexity index is 642. The van der Waals surface area contributed by atoms with Crippen LogP contribution < -0.4 is 10.6 Å². The van der Waals surface area contributed by atoms with Gasteiger partial charge in [0.2, 0.25) is 0 Å². The molecule has 174 valence electrons. The van der Waals surface area contributed by atoms with Crippen molar-refractivity contribution in [2.24, 2.45) is 0 Å². The Labute approximate surface area is 188 Å². The van der Waals surface area contributed by atoms with Gasteiger partial charge in [-0.15, -0.1) is 0 Å². The van der Waals surface area contributed by atoms with Gasteiger partial charge in [0.15, 0.2) is 0 Å². The van der Waals surface area contributed by atoms with Crippen molar-refractivity contribution in [2.45, 2.75) is 70.4 Å². The van der Waals surface area contributed by atoms with Crippen molar-refractivity contribution in [3.63, 3.8) is 0 Å². The molecule has 0 bridgehead atoms. The topological polar surface area (TPSA) is 56.8 Å². The fourth-order valence-corrected chi connectivity index (χ4v) is 4.65. The molecule has 3 aliphatic rings. The van der Waals surface area contributed by atoms with E-state index in [1.54, 1.807) is 7.11 Å². The molecule has 6 nitrogen and oxygen atoms in total. The molecule has 31 heavy (non-hydrogen) atoms. The Hall–Kier alpha value is -1.79. The molecule has 0 aliphatic carbocycles. The van der Waals surface area contributed by atoms with E-state index in [-0.39, 0.29) is 18.0 Å². The molecule has 6 heteroatoms. The third-order valence-corrected chi connectivity index (χ3v) is 6.66. The number of amides is 1. The van der Waals surface area contributed by atoms with Crippen LogP contribution in [0.3, 0.4) is 0 Å². The number of carbonyl (C=O) groups excluding carboxylic acids is 1. The molecule has 3 rings (SSSR count). The van der Waals surface area contributed by atoms with Crippen LogP contribution in [-0.2, 0) is 9.53 Å². The minimum absolute atomic E-state index is 0.000654. The van der Waals surface area contributed by atoms with E-state index >= 15 is 0 Å². The van der Waals surface area contributed by atoms with Crippen LogP contribution in [0.25, 0.3) is 0 Å². The van der Waals surface area contributed by atoms with Gasteiger partial charge in [-0.2, -0.15) is 0 Å². The van der Waals surface area contributed by atoms with Crippen molar-refractivity contribution in [3.8, 4) is 0 Å². The maximum Gasteiger partial charge on any atom is 0.267 e. The molecule has 3 heterocycles. The van der Waals surface area contributed by atoms with Crippen LogP contribution >= 0.6 is 0 Å². The monoisotopic (exact) mass is 430 g/mol. The Morgan fingerprint density at radius 2 is 1.74 bits per heavy atom. The predicted octanol–water partition coefficient (Wildman–Crippen LogP) is 3.19. The highest BCUT2D eigenvalue weighted by Gasteiger charge is 2.23. The third-order valence-electron chi connectivity index (χ3n) is 6.66. The molecule has 1 amide bonds. The first-order valence-electron chi connectivity index (χ1n) is 12.3. The van der Waals surface area contributed by atoms with E-state index in [1.807, 2.05) is 6.08 Å². The number of piperidine rings is 1. The summed E-state index contributed by atoms with van der Waals surface area (Å²) >= 11 is 0. The van der Waals surface area contributed by atoms with Gasteiger partial charge in [-0.3, -0.25) is 4.79 Å². The first kappa shape index (κ1) is 23.9. The number of rotatable bonds is 6. The Morgan fingerprint density at radius 3 is 2.42 bits per heavy atom. The number of methoxy groups -OCH3 is 1. The zero-order valence-electron chi connectivity index (χ0n) is 19.6. The minimum atomic E-state index is -0.000654. The lowest BCUT2D eigenvalue weighted by Crippen LogP contribution is -2.48. The molecular weight excluding hydrogens is 388 g/mol. The van der Waals surface area contributed by atoms with Crippen molar-refractivity contribution >= 4 is 5.91 Å².